The Balaban J connectivity index is 2.12. The van der Waals surface area contributed by atoms with Gasteiger partial charge in [0.15, 0.2) is 0 Å². The van der Waals surface area contributed by atoms with Crippen molar-refractivity contribution in [3.05, 3.63) is 23.9 Å². The molecule has 0 aliphatic carbocycles. The molecule has 1 aromatic rings. The number of carboxylic acid groups (broad SMARTS) is 1. The van der Waals surface area contributed by atoms with E-state index in [2.05, 4.69) is 9.88 Å². The number of nitrogens with zero attached hydrogens (tertiary/aromatic N) is 3. The van der Waals surface area contributed by atoms with Crippen molar-refractivity contribution in [2.24, 2.45) is 0 Å². The Hall–Kier alpha value is -1.66. The minimum atomic E-state index is -0.945. The van der Waals surface area contributed by atoms with Crippen LogP contribution in [0.2, 0.25) is 0 Å². The molecule has 0 spiro atoms. The number of hydrogen-bond acceptors (Lipinski definition) is 5. The molecule has 2 rings (SSSR count). The average molecular weight is 265 g/mol. The maximum absolute atomic E-state index is 11.2. The van der Waals surface area contributed by atoms with Gasteiger partial charge in [0.2, 0.25) is 0 Å². The lowest BCUT2D eigenvalue weighted by Crippen LogP contribution is -2.33. The topological polar surface area (TPSA) is 76.9 Å². The highest BCUT2D eigenvalue weighted by atomic mass is 16.4. The molecule has 6 heteroatoms. The maximum atomic E-state index is 11.2. The molecular formula is C13H19N3O3. The van der Waals surface area contributed by atoms with E-state index in [0.29, 0.717) is 12.4 Å². The molecule has 1 aliphatic heterocycles. The Labute approximate surface area is 112 Å². The van der Waals surface area contributed by atoms with Crippen molar-refractivity contribution in [2.45, 2.75) is 6.42 Å². The Bertz CT molecular complexity index is 439. The van der Waals surface area contributed by atoms with Gasteiger partial charge >= 0.3 is 5.97 Å². The van der Waals surface area contributed by atoms with E-state index in [1.54, 1.807) is 18.3 Å². The molecule has 104 valence electrons. The van der Waals surface area contributed by atoms with Crippen molar-refractivity contribution in [2.75, 3.05) is 44.2 Å². The summed E-state index contributed by atoms with van der Waals surface area (Å²) in [6.45, 7) is 4.09. The molecule has 0 aromatic carbocycles. The largest absolute Gasteiger partial charge is 0.478 e. The standard InChI is InChI=1S/C13H19N3O3/c17-10-9-15-5-2-6-16(8-7-15)12-11(13(18)19)3-1-4-14-12/h1,3-4,17H,2,5-10H2,(H,18,19). The highest BCUT2D eigenvalue weighted by Crippen LogP contribution is 2.18. The van der Waals surface area contributed by atoms with Crippen molar-refractivity contribution < 1.29 is 15.0 Å². The quantitative estimate of drug-likeness (QED) is 0.814. The molecule has 19 heavy (non-hydrogen) atoms. The number of β-amino-alcohol motifs (C(OH)–C–C–N with tert-alkyl or cyclic N) is 1. The highest BCUT2D eigenvalue weighted by molar-refractivity contribution is 5.93. The predicted octanol–water partition coefficient (Wildman–Crippen LogP) is 0.284. The predicted molar refractivity (Wildman–Crippen MR) is 71.6 cm³/mol. The molecule has 0 amide bonds. The molecule has 1 saturated heterocycles. The Morgan fingerprint density at radius 2 is 2.16 bits per heavy atom. The number of carbonyl (C=O) groups is 1. The van der Waals surface area contributed by atoms with Gasteiger partial charge in [0.25, 0.3) is 0 Å². The van der Waals surface area contributed by atoms with Crippen LogP contribution in [0.5, 0.6) is 0 Å². The second-order valence-corrected chi connectivity index (χ2v) is 4.59. The van der Waals surface area contributed by atoms with Crippen molar-refractivity contribution in [1.82, 2.24) is 9.88 Å². The number of pyridine rings is 1. The number of rotatable bonds is 4. The lowest BCUT2D eigenvalue weighted by atomic mass is 10.2. The summed E-state index contributed by atoms with van der Waals surface area (Å²) in [4.78, 5) is 19.6. The summed E-state index contributed by atoms with van der Waals surface area (Å²) in [5.74, 6) is -0.402. The summed E-state index contributed by atoms with van der Waals surface area (Å²) in [6, 6.07) is 3.23. The summed E-state index contributed by atoms with van der Waals surface area (Å²) in [7, 11) is 0. The number of carboxylic acids is 1. The van der Waals surface area contributed by atoms with Gasteiger partial charge in [-0.05, 0) is 25.1 Å². The number of aliphatic hydroxyl groups is 1. The molecule has 2 N–H and O–H groups in total. The Morgan fingerprint density at radius 3 is 2.89 bits per heavy atom. The molecule has 1 aliphatic rings. The van der Waals surface area contributed by atoms with Crippen LogP contribution in [0.4, 0.5) is 5.82 Å². The van der Waals surface area contributed by atoms with Gasteiger partial charge in [0, 0.05) is 32.4 Å². The molecule has 0 saturated carbocycles. The van der Waals surface area contributed by atoms with Gasteiger partial charge in [-0.2, -0.15) is 0 Å². The van der Waals surface area contributed by atoms with E-state index in [4.69, 9.17) is 5.11 Å². The van der Waals surface area contributed by atoms with Crippen LogP contribution >= 0.6 is 0 Å². The second kappa shape index (κ2) is 6.49. The van der Waals surface area contributed by atoms with Gasteiger partial charge in [-0.15, -0.1) is 0 Å². The molecule has 0 bridgehead atoms. The number of aliphatic hydroxyl groups excluding tert-OH is 1. The lowest BCUT2D eigenvalue weighted by molar-refractivity contribution is 0.0697. The van der Waals surface area contributed by atoms with E-state index in [1.807, 2.05) is 4.90 Å². The first-order valence-corrected chi connectivity index (χ1v) is 6.49. The van der Waals surface area contributed by atoms with Gasteiger partial charge in [0.05, 0.1) is 6.61 Å². The third-order valence-corrected chi connectivity index (χ3v) is 3.32. The fraction of sp³-hybridized carbons (Fsp3) is 0.538. The number of hydrogen-bond donors (Lipinski definition) is 2. The second-order valence-electron chi connectivity index (χ2n) is 4.59. The van der Waals surface area contributed by atoms with Gasteiger partial charge in [-0.3, -0.25) is 4.90 Å². The van der Waals surface area contributed by atoms with Crippen LogP contribution in [0.3, 0.4) is 0 Å². The van der Waals surface area contributed by atoms with Gasteiger partial charge in [-0.1, -0.05) is 0 Å². The molecule has 2 heterocycles. The average Bonchev–Trinajstić information content (AvgIpc) is 2.65. The molecule has 1 aromatic heterocycles. The first-order chi connectivity index (χ1) is 9.22. The molecule has 0 radical (unpaired) electrons. The van der Waals surface area contributed by atoms with E-state index >= 15 is 0 Å². The lowest BCUT2D eigenvalue weighted by Gasteiger charge is -2.23. The molecule has 0 unspecified atom stereocenters. The summed E-state index contributed by atoms with van der Waals surface area (Å²) < 4.78 is 0. The van der Waals surface area contributed by atoms with Crippen LogP contribution in [-0.2, 0) is 0 Å². The fourth-order valence-electron chi connectivity index (χ4n) is 2.36. The van der Waals surface area contributed by atoms with Crippen LogP contribution in [0.1, 0.15) is 16.8 Å². The summed E-state index contributed by atoms with van der Waals surface area (Å²) in [6.07, 6.45) is 2.56. The number of aromatic carboxylic acids is 1. The van der Waals surface area contributed by atoms with Gasteiger partial charge < -0.3 is 15.1 Å². The molecule has 1 fully saturated rings. The minimum Gasteiger partial charge on any atom is -0.478 e. The normalized spacial score (nSPS) is 17.2. The van der Waals surface area contributed by atoms with Crippen LogP contribution in [0, 0.1) is 0 Å². The Kier molecular flexibility index (Phi) is 4.70. The fourth-order valence-corrected chi connectivity index (χ4v) is 2.36. The molecular weight excluding hydrogens is 246 g/mol. The zero-order chi connectivity index (χ0) is 13.7. The van der Waals surface area contributed by atoms with Crippen LogP contribution < -0.4 is 4.90 Å². The van der Waals surface area contributed by atoms with Crippen LogP contribution in [0.25, 0.3) is 0 Å². The highest BCUT2D eigenvalue weighted by Gasteiger charge is 2.20. The van der Waals surface area contributed by atoms with Crippen LogP contribution in [0.15, 0.2) is 18.3 Å². The Morgan fingerprint density at radius 1 is 1.32 bits per heavy atom. The van der Waals surface area contributed by atoms with Crippen molar-refractivity contribution >= 4 is 11.8 Å². The SMILES string of the molecule is O=C(O)c1cccnc1N1CCCN(CCO)CC1. The minimum absolute atomic E-state index is 0.157. The first kappa shape index (κ1) is 13.8. The molecule has 6 nitrogen and oxygen atoms in total. The van der Waals surface area contributed by atoms with Crippen molar-refractivity contribution in [1.29, 1.82) is 0 Å². The summed E-state index contributed by atoms with van der Waals surface area (Å²) in [5.41, 5.74) is 0.248. The number of aromatic nitrogens is 1. The van der Waals surface area contributed by atoms with Crippen molar-refractivity contribution in [3.8, 4) is 0 Å². The monoisotopic (exact) mass is 265 g/mol. The van der Waals surface area contributed by atoms with E-state index < -0.39 is 5.97 Å². The zero-order valence-corrected chi connectivity index (χ0v) is 10.8. The maximum Gasteiger partial charge on any atom is 0.339 e. The van der Waals surface area contributed by atoms with Crippen molar-refractivity contribution in [3.63, 3.8) is 0 Å². The summed E-state index contributed by atoms with van der Waals surface area (Å²) in [5, 5.41) is 18.2. The van der Waals surface area contributed by atoms with Gasteiger partial charge in [0.1, 0.15) is 11.4 Å². The smallest absolute Gasteiger partial charge is 0.339 e. The van der Waals surface area contributed by atoms with E-state index in [1.165, 1.54) is 0 Å². The zero-order valence-electron chi connectivity index (χ0n) is 10.8. The van der Waals surface area contributed by atoms with Gasteiger partial charge in [-0.25, -0.2) is 9.78 Å². The first-order valence-electron chi connectivity index (χ1n) is 6.49. The van der Waals surface area contributed by atoms with E-state index in [-0.39, 0.29) is 12.2 Å². The number of anilines is 1. The third-order valence-electron chi connectivity index (χ3n) is 3.32. The summed E-state index contributed by atoms with van der Waals surface area (Å²) >= 11 is 0. The van der Waals surface area contributed by atoms with Crippen LogP contribution in [-0.4, -0.2) is 65.4 Å². The van der Waals surface area contributed by atoms with E-state index in [9.17, 15) is 9.90 Å². The van der Waals surface area contributed by atoms with E-state index in [0.717, 1.165) is 32.6 Å². The third kappa shape index (κ3) is 3.42. The molecule has 0 atom stereocenters.